The number of carbonyl (C=O) groups is 1. The quantitative estimate of drug-likeness (QED) is 0.798. The van der Waals surface area contributed by atoms with E-state index in [1.54, 1.807) is 0 Å². The molecule has 152 valence electrons. The van der Waals surface area contributed by atoms with E-state index in [1.807, 2.05) is 23.2 Å². The maximum Gasteiger partial charge on any atom is 0.260 e. The number of ether oxygens (including phenoxy) is 1. The summed E-state index contributed by atoms with van der Waals surface area (Å²) in [4.78, 5) is 14.7. The Hall–Kier alpha value is -2.30. The average molecular weight is 384 g/mol. The second-order valence-electron chi connectivity index (χ2n) is 9.80. The second kappa shape index (κ2) is 7.26. The smallest absolute Gasteiger partial charge is 0.260 e. The Morgan fingerprint density at radius 2 is 1.89 bits per heavy atom. The highest BCUT2D eigenvalue weighted by Gasteiger charge is 2.28. The molecule has 2 aromatic rings. The molecule has 1 aliphatic rings. The summed E-state index contributed by atoms with van der Waals surface area (Å²) in [5.74, 6) is 0.819. The highest BCUT2D eigenvalue weighted by atomic mass is 16.5. The van der Waals surface area contributed by atoms with Gasteiger partial charge in [-0.25, -0.2) is 0 Å². The predicted octanol–water partition coefficient (Wildman–Crippen LogP) is 4.21. The van der Waals surface area contributed by atoms with Gasteiger partial charge in [0, 0.05) is 30.8 Å². The Morgan fingerprint density at radius 1 is 1.18 bits per heavy atom. The minimum absolute atomic E-state index is 0.0228. The van der Waals surface area contributed by atoms with Crippen LogP contribution in [0.5, 0.6) is 5.75 Å². The third kappa shape index (κ3) is 4.23. The molecule has 5 nitrogen and oxygen atoms in total. The fourth-order valence-electron chi connectivity index (χ4n) is 3.71. The van der Waals surface area contributed by atoms with Crippen LogP contribution < -0.4 is 4.74 Å². The molecule has 0 radical (unpaired) electrons. The van der Waals surface area contributed by atoms with E-state index in [2.05, 4.69) is 64.3 Å². The first kappa shape index (κ1) is 20.4. The van der Waals surface area contributed by atoms with Gasteiger partial charge in [-0.05, 0) is 44.7 Å². The number of benzene rings is 1. The Kier molecular flexibility index (Phi) is 5.30. The fourth-order valence-corrected chi connectivity index (χ4v) is 3.71. The minimum Gasteiger partial charge on any atom is -0.483 e. The number of rotatable bonds is 3. The van der Waals surface area contributed by atoms with Crippen molar-refractivity contribution >= 4 is 5.91 Å². The van der Waals surface area contributed by atoms with Gasteiger partial charge in [0.15, 0.2) is 6.61 Å². The average Bonchev–Trinajstić information content (AvgIpc) is 3.03. The van der Waals surface area contributed by atoms with E-state index in [4.69, 9.17) is 4.74 Å². The van der Waals surface area contributed by atoms with Crippen LogP contribution >= 0.6 is 0 Å². The van der Waals surface area contributed by atoms with Gasteiger partial charge < -0.3 is 9.64 Å². The van der Waals surface area contributed by atoms with E-state index in [-0.39, 0.29) is 23.5 Å². The Labute approximate surface area is 168 Å². The molecule has 2 heterocycles. The molecule has 0 fully saturated rings. The van der Waals surface area contributed by atoms with E-state index in [1.165, 1.54) is 11.3 Å². The molecule has 0 N–H and O–H groups in total. The number of aromatic nitrogens is 2. The third-order valence-electron chi connectivity index (χ3n) is 5.22. The molecule has 0 saturated carbocycles. The van der Waals surface area contributed by atoms with Crippen LogP contribution in [0.25, 0.3) is 0 Å². The van der Waals surface area contributed by atoms with Gasteiger partial charge in [-0.15, -0.1) is 0 Å². The van der Waals surface area contributed by atoms with Crippen molar-refractivity contribution in [2.24, 2.45) is 0 Å². The highest BCUT2D eigenvalue weighted by molar-refractivity contribution is 5.78. The zero-order chi connectivity index (χ0) is 20.7. The maximum atomic E-state index is 12.8. The molecule has 1 aliphatic heterocycles. The van der Waals surface area contributed by atoms with Crippen molar-refractivity contribution in [1.29, 1.82) is 0 Å². The van der Waals surface area contributed by atoms with Crippen LogP contribution in [0.3, 0.4) is 0 Å². The van der Waals surface area contributed by atoms with Gasteiger partial charge >= 0.3 is 0 Å². The Morgan fingerprint density at radius 3 is 2.54 bits per heavy atom. The standard InChI is InChI=1S/C23H33N3O2/c1-16-8-9-20(18(12-16)22(2,3)4)28-15-21(27)25-11-10-19-17(14-25)13-24-26(19)23(5,6)7/h8-9,12-13H,10-11,14-15H2,1-7H3. The lowest BCUT2D eigenvalue weighted by Crippen LogP contribution is -2.40. The van der Waals surface area contributed by atoms with Gasteiger partial charge in [0.25, 0.3) is 5.91 Å². The van der Waals surface area contributed by atoms with Gasteiger partial charge in [0.2, 0.25) is 0 Å². The summed E-state index contributed by atoms with van der Waals surface area (Å²) in [5.41, 5.74) is 4.63. The minimum atomic E-state index is -0.0440. The van der Waals surface area contributed by atoms with E-state index >= 15 is 0 Å². The summed E-state index contributed by atoms with van der Waals surface area (Å²) in [7, 11) is 0. The normalized spacial score (nSPS) is 14.8. The number of amides is 1. The number of fused-ring (bicyclic) bond motifs is 1. The first-order valence-electron chi connectivity index (χ1n) is 10.0. The second-order valence-corrected chi connectivity index (χ2v) is 9.80. The lowest BCUT2D eigenvalue weighted by Gasteiger charge is -2.30. The topological polar surface area (TPSA) is 47.4 Å². The van der Waals surface area contributed by atoms with Gasteiger partial charge in [0.1, 0.15) is 5.75 Å². The molecule has 0 aliphatic carbocycles. The maximum absolute atomic E-state index is 12.8. The zero-order valence-corrected chi connectivity index (χ0v) is 18.3. The van der Waals surface area contributed by atoms with Gasteiger partial charge in [-0.1, -0.05) is 38.5 Å². The lowest BCUT2D eigenvalue weighted by molar-refractivity contribution is -0.134. The van der Waals surface area contributed by atoms with E-state index in [0.717, 1.165) is 23.3 Å². The lowest BCUT2D eigenvalue weighted by atomic mass is 9.85. The fraction of sp³-hybridized carbons (Fsp3) is 0.565. The molecular formula is C23H33N3O2. The Bertz CT molecular complexity index is 869. The molecule has 3 rings (SSSR count). The zero-order valence-electron chi connectivity index (χ0n) is 18.3. The molecule has 0 saturated heterocycles. The van der Waals surface area contributed by atoms with Crippen molar-refractivity contribution in [2.75, 3.05) is 13.2 Å². The molecule has 1 amide bonds. The molecule has 0 bridgehead atoms. The van der Waals surface area contributed by atoms with Crippen LogP contribution in [0.4, 0.5) is 0 Å². The number of hydrogen-bond acceptors (Lipinski definition) is 3. The highest BCUT2D eigenvalue weighted by Crippen LogP contribution is 2.32. The van der Waals surface area contributed by atoms with E-state index < -0.39 is 0 Å². The van der Waals surface area contributed by atoms with Crippen molar-refractivity contribution in [1.82, 2.24) is 14.7 Å². The molecular weight excluding hydrogens is 350 g/mol. The number of nitrogens with zero attached hydrogens (tertiary/aromatic N) is 3. The van der Waals surface area contributed by atoms with E-state index in [0.29, 0.717) is 13.1 Å². The van der Waals surface area contributed by atoms with Crippen LogP contribution in [0.1, 0.15) is 63.9 Å². The van der Waals surface area contributed by atoms with Crippen molar-refractivity contribution in [3.05, 3.63) is 46.8 Å². The summed E-state index contributed by atoms with van der Waals surface area (Å²) in [6.45, 7) is 16.4. The van der Waals surface area contributed by atoms with Crippen LogP contribution in [-0.4, -0.2) is 33.7 Å². The van der Waals surface area contributed by atoms with Crippen molar-refractivity contribution in [2.45, 2.75) is 72.4 Å². The van der Waals surface area contributed by atoms with Crippen LogP contribution in [0, 0.1) is 6.92 Å². The van der Waals surface area contributed by atoms with Crippen LogP contribution in [-0.2, 0) is 28.7 Å². The molecule has 0 unspecified atom stereocenters. The van der Waals surface area contributed by atoms with Gasteiger partial charge in [0.05, 0.1) is 11.7 Å². The molecule has 0 atom stereocenters. The van der Waals surface area contributed by atoms with Gasteiger partial charge in [-0.3, -0.25) is 9.48 Å². The van der Waals surface area contributed by atoms with Crippen molar-refractivity contribution in [3.63, 3.8) is 0 Å². The SMILES string of the molecule is Cc1ccc(OCC(=O)N2CCc3c(cnn3C(C)(C)C)C2)c(C(C)(C)C)c1. The summed E-state index contributed by atoms with van der Waals surface area (Å²) >= 11 is 0. The molecule has 28 heavy (non-hydrogen) atoms. The summed E-state index contributed by atoms with van der Waals surface area (Å²) in [5, 5.41) is 4.55. The first-order chi connectivity index (χ1) is 13.0. The summed E-state index contributed by atoms with van der Waals surface area (Å²) < 4.78 is 8.05. The Balaban J connectivity index is 1.68. The summed E-state index contributed by atoms with van der Waals surface area (Å²) in [6, 6.07) is 6.15. The third-order valence-corrected chi connectivity index (χ3v) is 5.22. The number of aryl methyl sites for hydroxylation is 1. The van der Waals surface area contributed by atoms with Crippen molar-refractivity contribution < 1.29 is 9.53 Å². The predicted molar refractivity (Wildman–Crippen MR) is 112 cm³/mol. The molecule has 1 aromatic carbocycles. The first-order valence-corrected chi connectivity index (χ1v) is 10.0. The molecule has 5 heteroatoms. The summed E-state index contributed by atoms with van der Waals surface area (Å²) in [6.07, 6.45) is 2.73. The number of carbonyl (C=O) groups excluding carboxylic acids is 1. The van der Waals surface area contributed by atoms with Crippen LogP contribution in [0.2, 0.25) is 0 Å². The monoisotopic (exact) mass is 383 g/mol. The molecule has 0 spiro atoms. The largest absolute Gasteiger partial charge is 0.483 e. The molecule has 1 aromatic heterocycles. The van der Waals surface area contributed by atoms with Crippen molar-refractivity contribution in [3.8, 4) is 5.75 Å². The number of hydrogen-bond donors (Lipinski definition) is 0. The van der Waals surface area contributed by atoms with Crippen LogP contribution in [0.15, 0.2) is 24.4 Å². The van der Waals surface area contributed by atoms with E-state index in [9.17, 15) is 4.79 Å². The van der Waals surface area contributed by atoms with Gasteiger partial charge in [-0.2, -0.15) is 5.10 Å².